The van der Waals surface area contributed by atoms with Gasteiger partial charge in [0.15, 0.2) is 4.67 Å². The van der Waals surface area contributed by atoms with Crippen molar-refractivity contribution in [1.82, 2.24) is 5.32 Å². The molecule has 4 heteroatoms. The summed E-state index contributed by atoms with van der Waals surface area (Å²) in [6.45, 7) is 3.05. The van der Waals surface area contributed by atoms with Gasteiger partial charge in [0.05, 0.1) is 11.8 Å². The Kier molecular flexibility index (Phi) is 3.69. The summed E-state index contributed by atoms with van der Waals surface area (Å²) in [6.07, 6.45) is 5.26. The molecule has 2 rings (SSSR count). The van der Waals surface area contributed by atoms with Gasteiger partial charge in [0.1, 0.15) is 0 Å². The molecule has 16 heavy (non-hydrogen) atoms. The Morgan fingerprint density at radius 1 is 1.62 bits per heavy atom. The summed E-state index contributed by atoms with van der Waals surface area (Å²) in [7, 11) is 0. The number of halogens is 1. The van der Waals surface area contributed by atoms with Gasteiger partial charge in [-0.3, -0.25) is 4.79 Å². The third kappa shape index (κ3) is 2.67. The molecular formula is C12H16BrNO2. The Balaban J connectivity index is 1.82. The molecule has 1 N–H and O–H groups in total. The molecule has 1 heterocycles. The van der Waals surface area contributed by atoms with Crippen LogP contribution in [0.4, 0.5) is 0 Å². The third-order valence-electron chi connectivity index (χ3n) is 3.22. The largest absolute Gasteiger partial charge is 0.457 e. The zero-order chi connectivity index (χ0) is 11.5. The molecule has 1 saturated carbocycles. The summed E-state index contributed by atoms with van der Waals surface area (Å²) in [5.74, 6) is 1.40. The van der Waals surface area contributed by atoms with Crippen LogP contribution in [0.1, 0.15) is 36.5 Å². The van der Waals surface area contributed by atoms with Crippen LogP contribution in [0.2, 0.25) is 0 Å². The molecule has 3 nitrogen and oxygen atoms in total. The standard InChI is InChI=1S/C12H16BrNO2/c1-8-2-3-9(6-8)7-14-12(15)10-4-5-16-11(10)13/h4-5,8-9H,2-3,6-7H2,1H3,(H,14,15). The molecule has 88 valence electrons. The third-order valence-corrected chi connectivity index (χ3v) is 3.83. The van der Waals surface area contributed by atoms with Gasteiger partial charge >= 0.3 is 0 Å². The van der Waals surface area contributed by atoms with Gasteiger partial charge in [-0.1, -0.05) is 13.3 Å². The lowest BCUT2D eigenvalue weighted by molar-refractivity contribution is 0.0945. The quantitative estimate of drug-likeness (QED) is 0.927. The molecule has 2 unspecified atom stereocenters. The van der Waals surface area contributed by atoms with Gasteiger partial charge in [0.25, 0.3) is 5.91 Å². The highest BCUT2D eigenvalue weighted by Gasteiger charge is 2.22. The Morgan fingerprint density at radius 3 is 3.00 bits per heavy atom. The van der Waals surface area contributed by atoms with Gasteiger partial charge in [-0.25, -0.2) is 0 Å². The first-order chi connectivity index (χ1) is 7.66. The normalized spacial score (nSPS) is 24.6. The summed E-state index contributed by atoms with van der Waals surface area (Å²) >= 11 is 3.20. The summed E-state index contributed by atoms with van der Waals surface area (Å²) in [6, 6.07) is 1.68. The Morgan fingerprint density at radius 2 is 2.44 bits per heavy atom. The zero-order valence-corrected chi connectivity index (χ0v) is 10.9. The zero-order valence-electron chi connectivity index (χ0n) is 9.33. The molecular weight excluding hydrogens is 270 g/mol. The van der Waals surface area contributed by atoms with Crippen LogP contribution in [0, 0.1) is 11.8 Å². The van der Waals surface area contributed by atoms with Crippen LogP contribution >= 0.6 is 15.9 Å². The summed E-state index contributed by atoms with van der Waals surface area (Å²) in [5.41, 5.74) is 0.575. The number of rotatable bonds is 3. The lowest BCUT2D eigenvalue weighted by Crippen LogP contribution is -2.28. The average molecular weight is 286 g/mol. The number of carbonyl (C=O) groups excluding carboxylic acids is 1. The van der Waals surface area contributed by atoms with E-state index in [1.807, 2.05) is 0 Å². The van der Waals surface area contributed by atoms with E-state index in [1.54, 1.807) is 6.07 Å². The second-order valence-corrected chi connectivity index (χ2v) is 5.32. The Labute approximate surface area is 104 Å². The van der Waals surface area contributed by atoms with E-state index >= 15 is 0 Å². The molecule has 1 aromatic rings. The number of hydrogen-bond acceptors (Lipinski definition) is 2. The van der Waals surface area contributed by atoms with E-state index in [0.29, 0.717) is 16.2 Å². The monoisotopic (exact) mass is 285 g/mol. The topological polar surface area (TPSA) is 42.2 Å². The van der Waals surface area contributed by atoms with Gasteiger partial charge < -0.3 is 9.73 Å². The molecule has 1 fully saturated rings. The van der Waals surface area contributed by atoms with Crippen LogP contribution in [0.3, 0.4) is 0 Å². The SMILES string of the molecule is CC1CCC(CNC(=O)c2ccoc2Br)C1. The van der Waals surface area contributed by atoms with Crippen LogP contribution in [0.15, 0.2) is 21.4 Å². The van der Waals surface area contributed by atoms with Crippen molar-refractivity contribution in [2.24, 2.45) is 11.8 Å². The van der Waals surface area contributed by atoms with Crippen molar-refractivity contribution in [3.05, 3.63) is 22.6 Å². The maximum absolute atomic E-state index is 11.8. The van der Waals surface area contributed by atoms with Gasteiger partial charge in [-0.05, 0) is 46.7 Å². The fraction of sp³-hybridized carbons (Fsp3) is 0.583. The lowest BCUT2D eigenvalue weighted by atomic mass is 10.1. The second kappa shape index (κ2) is 5.04. The molecule has 1 aromatic heterocycles. The highest BCUT2D eigenvalue weighted by molar-refractivity contribution is 9.10. The van der Waals surface area contributed by atoms with E-state index < -0.39 is 0 Å². The number of hydrogen-bond donors (Lipinski definition) is 1. The van der Waals surface area contributed by atoms with Gasteiger partial charge in [-0.2, -0.15) is 0 Å². The smallest absolute Gasteiger partial charge is 0.255 e. The number of furan rings is 1. The number of carbonyl (C=O) groups is 1. The molecule has 0 saturated heterocycles. The first kappa shape index (κ1) is 11.7. The van der Waals surface area contributed by atoms with E-state index in [0.717, 1.165) is 12.5 Å². The molecule has 0 bridgehead atoms. The molecule has 0 aliphatic heterocycles. The maximum atomic E-state index is 11.8. The summed E-state index contributed by atoms with van der Waals surface area (Å²) in [4.78, 5) is 11.8. The van der Waals surface area contributed by atoms with E-state index in [1.165, 1.54) is 25.5 Å². The van der Waals surface area contributed by atoms with Crippen LogP contribution in [0.5, 0.6) is 0 Å². The minimum Gasteiger partial charge on any atom is -0.457 e. The number of nitrogens with one attached hydrogen (secondary N) is 1. The number of amides is 1. The van der Waals surface area contributed by atoms with Gasteiger partial charge in [0, 0.05) is 6.54 Å². The summed E-state index contributed by atoms with van der Waals surface area (Å²) in [5, 5.41) is 2.96. The molecule has 0 spiro atoms. The van der Waals surface area contributed by atoms with Crippen LogP contribution in [-0.2, 0) is 0 Å². The van der Waals surface area contributed by atoms with Crippen molar-refractivity contribution in [2.45, 2.75) is 26.2 Å². The van der Waals surface area contributed by atoms with Gasteiger partial charge in [0.2, 0.25) is 0 Å². The van der Waals surface area contributed by atoms with Crippen molar-refractivity contribution in [3.63, 3.8) is 0 Å². The predicted molar refractivity (Wildman–Crippen MR) is 65.2 cm³/mol. The van der Waals surface area contributed by atoms with E-state index in [9.17, 15) is 4.79 Å². The lowest BCUT2D eigenvalue weighted by Gasteiger charge is -2.10. The van der Waals surface area contributed by atoms with Gasteiger partial charge in [-0.15, -0.1) is 0 Å². The maximum Gasteiger partial charge on any atom is 0.255 e. The Bertz CT molecular complexity index is 375. The first-order valence-corrected chi connectivity index (χ1v) is 6.47. The van der Waals surface area contributed by atoms with Crippen LogP contribution < -0.4 is 5.32 Å². The van der Waals surface area contributed by atoms with Crippen LogP contribution in [0.25, 0.3) is 0 Å². The van der Waals surface area contributed by atoms with E-state index in [-0.39, 0.29) is 5.91 Å². The fourth-order valence-electron chi connectivity index (χ4n) is 2.30. The molecule has 1 amide bonds. The fourth-order valence-corrected chi connectivity index (χ4v) is 2.72. The molecule has 0 radical (unpaired) electrons. The minimum absolute atomic E-state index is 0.0554. The van der Waals surface area contributed by atoms with Crippen molar-refractivity contribution in [2.75, 3.05) is 6.54 Å². The second-order valence-electron chi connectivity index (χ2n) is 4.60. The summed E-state index contributed by atoms with van der Waals surface area (Å²) < 4.78 is 5.53. The minimum atomic E-state index is -0.0554. The average Bonchev–Trinajstić information content (AvgIpc) is 2.84. The highest BCUT2D eigenvalue weighted by atomic mass is 79.9. The predicted octanol–water partition coefficient (Wildman–Crippen LogP) is 3.21. The van der Waals surface area contributed by atoms with Crippen molar-refractivity contribution in [3.8, 4) is 0 Å². The van der Waals surface area contributed by atoms with Crippen molar-refractivity contribution >= 4 is 21.8 Å². The highest BCUT2D eigenvalue weighted by Crippen LogP contribution is 2.29. The Hall–Kier alpha value is -0.770. The van der Waals surface area contributed by atoms with E-state index in [2.05, 4.69) is 28.2 Å². The van der Waals surface area contributed by atoms with E-state index in [4.69, 9.17) is 4.42 Å². The molecule has 1 aliphatic rings. The van der Waals surface area contributed by atoms with Crippen molar-refractivity contribution in [1.29, 1.82) is 0 Å². The molecule has 1 aliphatic carbocycles. The first-order valence-electron chi connectivity index (χ1n) is 5.68. The van der Waals surface area contributed by atoms with Crippen LogP contribution in [-0.4, -0.2) is 12.5 Å². The molecule has 0 aromatic carbocycles. The van der Waals surface area contributed by atoms with Crippen molar-refractivity contribution < 1.29 is 9.21 Å². The molecule has 2 atom stereocenters.